The highest BCUT2D eigenvalue weighted by Gasteiger charge is 2.17. The Kier molecular flexibility index (Phi) is 5.98. The Hall–Kier alpha value is -4.06. The number of benzene rings is 3. The Morgan fingerprint density at radius 2 is 1.68 bits per heavy atom. The number of ether oxygens (including phenoxy) is 4. The van der Waals surface area contributed by atoms with E-state index in [1.165, 1.54) is 6.08 Å². The molecule has 0 N–H and O–H groups in total. The first kappa shape index (κ1) is 20.2. The number of fused-ring (bicyclic) bond motifs is 1. The van der Waals surface area contributed by atoms with E-state index >= 15 is 0 Å². The number of ketones is 1. The summed E-state index contributed by atoms with van der Waals surface area (Å²) in [5.41, 5.74) is 1.65. The monoisotopic (exact) mass is 416 g/mol. The molecule has 3 aromatic carbocycles. The fourth-order valence-corrected chi connectivity index (χ4v) is 3.04. The molecule has 0 bridgehead atoms. The van der Waals surface area contributed by atoms with Crippen molar-refractivity contribution in [1.29, 1.82) is 0 Å². The minimum absolute atomic E-state index is 0.134. The topological polar surface area (TPSA) is 71.1 Å². The minimum atomic E-state index is -0.523. The van der Waals surface area contributed by atoms with E-state index in [1.54, 1.807) is 48.5 Å². The van der Waals surface area contributed by atoms with Crippen molar-refractivity contribution in [3.63, 3.8) is 0 Å². The predicted octanol–water partition coefficient (Wildman–Crippen LogP) is 4.93. The fraction of sp³-hybridized carbons (Fsp3) is 0.120. The van der Waals surface area contributed by atoms with Crippen molar-refractivity contribution in [3.8, 4) is 23.0 Å². The molecule has 0 amide bonds. The van der Waals surface area contributed by atoms with Crippen molar-refractivity contribution >= 4 is 17.8 Å². The second-order valence-corrected chi connectivity index (χ2v) is 6.65. The summed E-state index contributed by atoms with van der Waals surface area (Å²) in [7, 11) is 0. The van der Waals surface area contributed by atoms with Crippen molar-refractivity contribution in [2.75, 3.05) is 13.4 Å². The highest BCUT2D eigenvalue weighted by molar-refractivity contribution is 6.07. The van der Waals surface area contributed by atoms with Gasteiger partial charge in [-0.25, -0.2) is 4.79 Å². The molecule has 0 aliphatic carbocycles. The molecule has 0 saturated heterocycles. The van der Waals surface area contributed by atoms with E-state index in [4.69, 9.17) is 18.9 Å². The van der Waals surface area contributed by atoms with E-state index in [-0.39, 0.29) is 12.6 Å². The summed E-state index contributed by atoms with van der Waals surface area (Å²) < 4.78 is 21.5. The number of para-hydroxylation sites is 1. The van der Waals surface area contributed by atoms with Gasteiger partial charge in [0.2, 0.25) is 6.79 Å². The van der Waals surface area contributed by atoms with Gasteiger partial charge in [-0.2, -0.15) is 0 Å². The normalized spacial score (nSPS) is 12.0. The summed E-state index contributed by atoms with van der Waals surface area (Å²) in [4.78, 5) is 24.9. The van der Waals surface area contributed by atoms with Gasteiger partial charge in [-0.05, 0) is 67.6 Å². The third-order valence-electron chi connectivity index (χ3n) is 4.59. The molecule has 6 nitrogen and oxygen atoms in total. The second-order valence-electron chi connectivity index (χ2n) is 6.65. The molecule has 0 unspecified atom stereocenters. The van der Waals surface area contributed by atoms with Gasteiger partial charge in [0.05, 0.1) is 12.2 Å². The summed E-state index contributed by atoms with van der Waals surface area (Å²) >= 11 is 0. The van der Waals surface area contributed by atoms with Gasteiger partial charge in [0.1, 0.15) is 11.5 Å². The second kappa shape index (κ2) is 9.17. The van der Waals surface area contributed by atoms with Crippen molar-refractivity contribution in [1.82, 2.24) is 0 Å². The van der Waals surface area contributed by atoms with Gasteiger partial charge in [-0.1, -0.05) is 18.2 Å². The summed E-state index contributed by atoms with van der Waals surface area (Å²) in [6.45, 7) is 2.59. The first-order valence-electron chi connectivity index (χ1n) is 9.80. The Labute approximate surface area is 179 Å². The quantitative estimate of drug-likeness (QED) is 0.235. The minimum Gasteiger partial charge on any atom is -0.493 e. The average molecular weight is 416 g/mol. The maximum atomic E-state index is 12.5. The summed E-state index contributed by atoms with van der Waals surface area (Å²) in [6, 6.07) is 18.8. The Bertz CT molecular complexity index is 1130. The lowest BCUT2D eigenvalue weighted by atomic mass is 10.1. The molecule has 156 valence electrons. The lowest BCUT2D eigenvalue weighted by Gasteiger charge is -2.06. The van der Waals surface area contributed by atoms with Gasteiger partial charge >= 0.3 is 5.97 Å². The van der Waals surface area contributed by atoms with Crippen LogP contribution in [0.4, 0.5) is 0 Å². The van der Waals surface area contributed by atoms with Crippen LogP contribution in [0.25, 0.3) is 6.08 Å². The summed E-state index contributed by atoms with van der Waals surface area (Å²) in [5.74, 6) is 1.47. The molecule has 6 heteroatoms. The van der Waals surface area contributed by atoms with Crippen LogP contribution < -0.4 is 18.9 Å². The number of carbonyl (C=O) groups excluding carboxylic acids is 2. The van der Waals surface area contributed by atoms with Gasteiger partial charge in [-0.15, -0.1) is 0 Å². The molecule has 1 aliphatic rings. The lowest BCUT2D eigenvalue weighted by molar-refractivity contribution is 0.0734. The number of hydrogen-bond acceptors (Lipinski definition) is 6. The molecule has 0 radical (unpaired) electrons. The molecule has 0 spiro atoms. The van der Waals surface area contributed by atoms with E-state index in [2.05, 4.69) is 0 Å². The van der Waals surface area contributed by atoms with Gasteiger partial charge in [0, 0.05) is 11.1 Å². The van der Waals surface area contributed by atoms with Crippen LogP contribution in [-0.2, 0) is 0 Å². The molecular weight excluding hydrogens is 396 g/mol. The zero-order valence-corrected chi connectivity index (χ0v) is 16.9. The zero-order chi connectivity index (χ0) is 21.6. The molecule has 31 heavy (non-hydrogen) atoms. The molecule has 3 aromatic rings. The number of allylic oxidation sites excluding steroid dienone is 1. The van der Waals surface area contributed by atoms with Crippen LogP contribution in [0.3, 0.4) is 0 Å². The van der Waals surface area contributed by atoms with Crippen molar-refractivity contribution in [2.45, 2.75) is 6.92 Å². The van der Waals surface area contributed by atoms with Crippen LogP contribution in [0.5, 0.6) is 23.0 Å². The third-order valence-corrected chi connectivity index (χ3v) is 4.59. The molecule has 0 fully saturated rings. The Morgan fingerprint density at radius 3 is 2.48 bits per heavy atom. The van der Waals surface area contributed by atoms with E-state index in [0.29, 0.717) is 35.0 Å². The van der Waals surface area contributed by atoms with Crippen LogP contribution in [0.2, 0.25) is 0 Å². The molecular formula is C25H20O6. The maximum absolute atomic E-state index is 12.5. The Balaban J connectivity index is 1.41. The molecule has 0 atom stereocenters. The van der Waals surface area contributed by atoms with Crippen LogP contribution in [-0.4, -0.2) is 25.2 Å². The number of rotatable bonds is 7. The highest BCUT2D eigenvalue weighted by atomic mass is 16.7. The lowest BCUT2D eigenvalue weighted by Crippen LogP contribution is -2.08. The first-order chi connectivity index (χ1) is 15.1. The van der Waals surface area contributed by atoms with Gasteiger partial charge in [0.15, 0.2) is 17.3 Å². The van der Waals surface area contributed by atoms with Crippen molar-refractivity contribution in [3.05, 3.63) is 89.5 Å². The fourth-order valence-electron chi connectivity index (χ4n) is 3.04. The summed E-state index contributed by atoms with van der Waals surface area (Å²) in [5, 5.41) is 0. The van der Waals surface area contributed by atoms with Crippen LogP contribution >= 0.6 is 0 Å². The molecule has 0 aromatic heterocycles. The zero-order valence-electron chi connectivity index (χ0n) is 16.9. The van der Waals surface area contributed by atoms with Crippen LogP contribution in [0, 0.1) is 0 Å². The molecule has 0 saturated carbocycles. The van der Waals surface area contributed by atoms with Crippen LogP contribution in [0.15, 0.2) is 72.8 Å². The highest BCUT2D eigenvalue weighted by Crippen LogP contribution is 2.32. The Morgan fingerprint density at radius 1 is 0.935 bits per heavy atom. The maximum Gasteiger partial charge on any atom is 0.343 e. The smallest absolute Gasteiger partial charge is 0.343 e. The summed E-state index contributed by atoms with van der Waals surface area (Å²) in [6.07, 6.45) is 3.21. The van der Waals surface area contributed by atoms with Crippen molar-refractivity contribution in [2.24, 2.45) is 0 Å². The SMILES string of the molecule is CCOc1ccccc1/C=C/C(=O)c1ccc(OC(=O)c2ccc3c(c2)OCO3)cc1. The molecule has 1 aliphatic heterocycles. The largest absolute Gasteiger partial charge is 0.493 e. The van der Waals surface area contributed by atoms with Crippen molar-refractivity contribution < 1.29 is 28.5 Å². The van der Waals surface area contributed by atoms with E-state index in [1.807, 2.05) is 31.2 Å². The van der Waals surface area contributed by atoms with Gasteiger partial charge in [0.25, 0.3) is 0 Å². The third kappa shape index (κ3) is 4.75. The average Bonchev–Trinajstić information content (AvgIpc) is 3.27. The first-order valence-corrected chi connectivity index (χ1v) is 9.80. The van der Waals surface area contributed by atoms with E-state index in [0.717, 1.165) is 11.3 Å². The van der Waals surface area contributed by atoms with Gasteiger partial charge in [-0.3, -0.25) is 4.79 Å². The predicted molar refractivity (Wildman–Crippen MR) is 115 cm³/mol. The number of esters is 1. The molecule has 1 heterocycles. The van der Waals surface area contributed by atoms with Gasteiger partial charge < -0.3 is 18.9 Å². The van der Waals surface area contributed by atoms with E-state index < -0.39 is 5.97 Å². The standard InChI is InChI=1S/C25H20O6/c1-2-28-22-6-4-3-5-18(22)9-13-21(26)17-7-11-20(12-8-17)31-25(27)19-10-14-23-24(15-19)30-16-29-23/h3-15H,2,16H2,1H3/b13-9+. The van der Waals surface area contributed by atoms with E-state index in [9.17, 15) is 9.59 Å². The number of hydrogen-bond donors (Lipinski definition) is 0. The number of carbonyl (C=O) groups is 2. The van der Waals surface area contributed by atoms with Crippen LogP contribution in [0.1, 0.15) is 33.2 Å². The molecule has 4 rings (SSSR count).